The van der Waals surface area contributed by atoms with Crippen molar-refractivity contribution in [2.45, 2.75) is 13.8 Å². The van der Waals surface area contributed by atoms with E-state index in [1.54, 1.807) is 56.3 Å². The van der Waals surface area contributed by atoms with E-state index in [1.165, 1.54) is 0 Å². The number of esters is 1. The topological polar surface area (TPSA) is 68.5 Å². The summed E-state index contributed by atoms with van der Waals surface area (Å²) in [5.74, 6) is 0.187. The van der Waals surface area contributed by atoms with E-state index in [0.717, 1.165) is 5.56 Å². The molecule has 0 fully saturated rings. The fraction of sp³-hybridized carbons (Fsp3) is 0.143. The maximum atomic E-state index is 12.7. The normalized spacial score (nSPS) is 10.5. The van der Waals surface area contributed by atoms with E-state index >= 15 is 0 Å². The lowest BCUT2D eigenvalue weighted by atomic mass is 10.1. The summed E-state index contributed by atoms with van der Waals surface area (Å²) in [6.07, 6.45) is 0. The van der Waals surface area contributed by atoms with Crippen LogP contribution in [0.4, 0.5) is 5.69 Å². The highest BCUT2D eigenvalue weighted by atomic mass is 35.5. The molecule has 6 heteroatoms. The van der Waals surface area contributed by atoms with Crippen molar-refractivity contribution in [2.24, 2.45) is 0 Å². The Hall–Kier alpha value is -3.05. The monoisotopic (exact) mass is 383 g/mol. The van der Waals surface area contributed by atoms with Gasteiger partial charge in [-0.1, -0.05) is 23.7 Å². The zero-order chi connectivity index (χ0) is 19.4. The third kappa shape index (κ3) is 4.20. The zero-order valence-corrected chi connectivity index (χ0v) is 15.7. The summed E-state index contributed by atoms with van der Waals surface area (Å²) in [6, 6.07) is 15.5. The van der Waals surface area contributed by atoms with Crippen LogP contribution in [0.2, 0.25) is 5.02 Å². The first-order valence-electron chi connectivity index (χ1n) is 8.43. The van der Waals surface area contributed by atoms with Crippen LogP contribution in [0.15, 0.2) is 59.0 Å². The molecule has 0 atom stereocenters. The van der Waals surface area contributed by atoms with Crippen LogP contribution in [0.3, 0.4) is 0 Å². The number of ether oxygens (including phenoxy) is 1. The van der Waals surface area contributed by atoms with Crippen LogP contribution in [0.1, 0.15) is 33.4 Å². The van der Waals surface area contributed by atoms with Crippen LogP contribution in [-0.4, -0.2) is 18.5 Å². The van der Waals surface area contributed by atoms with Crippen LogP contribution in [0.5, 0.6) is 0 Å². The number of hydrogen-bond acceptors (Lipinski definition) is 4. The third-order valence-corrected chi connectivity index (χ3v) is 4.21. The largest absolute Gasteiger partial charge is 0.462 e. The van der Waals surface area contributed by atoms with Crippen molar-refractivity contribution < 1.29 is 18.7 Å². The first-order chi connectivity index (χ1) is 13.0. The van der Waals surface area contributed by atoms with E-state index in [9.17, 15) is 9.59 Å². The van der Waals surface area contributed by atoms with Gasteiger partial charge in [0.1, 0.15) is 11.5 Å². The van der Waals surface area contributed by atoms with E-state index in [2.05, 4.69) is 5.32 Å². The maximum Gasteiger partial charge on any atom is 0.340 e. The number of carbonyl (C=O) groups excluding carboxylic acids is 2. The summed E-state index contributed by atoms with van der Waals surface area (Å²) in [5, 5.41) is 3.38. The number of nitrogens with one attached hydrogen (secondary N) is 1. The smallest absolute Gasteiger partial charge is 0.340 e. The first kappa shape index (κ1) is 18.7. The van der Waals surface area contributed by atoms with Crippen LogP contribution >= 0.6 is 11.6 Å². The molecule has 138 valence electrons. The lowest BCUT2D eigenvalue weighted by molar-refractivity contribution is 0.0527. The van der Waals surface area contributed by atoms with Gasteiger partial charge < -0.3 is 14.5 Å². The summed E-state index contributed by atoms with van der Waals surface area (Å²) in [5.41, 5.74) is 1.88. The Morgan fingerprint density at radius 3 is 2.48 bits per heavy atom. The molecule has 0 aliphatic rings. The molecule has 3 aromatic rings. The van der Waals surface area contributed by atoms with Crippen molar-refractivity contribution in [1.82, 2.24) is 0 Å². The second kappa shape index (κ2) is 8.10. The molecule has 0 bridgehead atoms. The lowest BCUT2D eigenvalue weighted by Gasteiger charge is -2.09. The fourth-order valence-electron chi connectivity index (χ4n) is 2.63. The Kier molecular flexibility index (Phi) is 5.62. The van der Waals surface area contributed by atoms with E-state index in [4.69, 9.17) is 20.8 Å². The molecule has 0 saturated carbocycles. The number of anilines is 1. The molecular formula is C21H18ClNO4. The molecule has 0 unspecified atom stereocenters. The van der Waals surface area contributed by atoms with Crippen LogP contribution in [0, 0.1) is 6.92 Å². The molecule has 3 rings (SSSR count). The average Bonchev–Trinajstić information content (AvgIpc) is 3.05. The number of benzene rings is 2. The van der Waals surface area contributed by atoms with Crippen LogP contribution in [-0.2, 0) is 4.74 Å². The van der Waals surface area contributed by atoms with Crippen molar-refractivity contribution >= 4 is 29.2 Å². The molecule has 5 nitrogen and oxygen atoms in total. The second-order valence-electron chi connectivity index (χ2n) is 5.81. The highest BCUT2D eigenvalue weighted by molar-refractivity contribution is 6.30. The van der Waals surface area contributed by atoms with Gasteiger partial charge in [-0.05, 0) is 56.3 Å². The minimum absolute atomic E-state index is 0.256. The highest BCUT2D eigenvalue weighted by Gasteiger charge is 2.19. The number of hydrogen-bond donors (Lipinski definition) is 1. The van der Waals surface area contributed by atoms with E-state index in [-0.39, 0.29) is 12.5 Å². The van der Waals surface area contributed by atoms with Gasteiger partial charge in [0, 0.05) is 10.6 Å². The van der Waals surface area contributed by atoms with Gasteiger partial charge in [-0.25, -0.2) is 4.79 Å². The number of halogens is 1. The standard InChI is InChI=1S/C21H18ClNO4/c1-3-26-21(25)16-6-4-5-7-18(16)23-20(24)17-12-19(27-13(17)2)14-8-10-15(22)11-9-14/h4-12H,3H2,1-2H3,(H,23,24). The van der Waals surface area contributed by atoms with Crippen molar-refractivity contribution in [1.29, 1.82) is 0 Å². The first-order valence-corrected chi connectivity index (χ1v) is 8.81. The Bertz CT molecular complexity index is 976. The predicted molar refractivity (Wildman–Crippen MR) is 104 cm³/mol. The maximum absolute atomic E-state index is 12.7. The molecule has 0 spiro atoms. The quantitative estimate of drug-likeness (QED) is 0.604. The van der Waals surface area contributed by atoms with E-state index < -0.39 is 5.97 Å². The SMILES string of the molecule is CCOC(=O)c1ccccc1NC(=O)c1cc(-c2ccc(Cl)cc2)oc1C. The fourth-order valence-corrected chi connectivity index (χ4v) is 2.76. The Morgan fingerprint density at radius 1 is 1.07 bits per heavy atom. The van der Waals surface area contributed by atoms with E-state index in [0.29, 0.717) is 33.4 Å². The Balaban J connectivity index is 1.86. The number of aryl methyl sites for hydroxylation is 1. The van der Waals surface area contributed by atoms with Gasteiger partial charge in [-0.15, -0.1) is 0 Å². The minimum Gasteiger partial charge on any atom is -0.462 e. The molecule has 1 heterocycles. The van der Waals surface area contributed by atoms with E-state index in [1.807, 2.05) is 12.1 Å². The average molecular weight is 384 g/mol. The highest BCUT2D eigenvalue weighted by Crippen LogP contribution is 2.27. The summed E-state index contributed by atoms with van der Waals surface area (Å²) in [6.45, 7) is 3.70. The Morgan fingerprint density at radius 2 is 1.78 bits per heavy atom. The summed E-state index contributed by atoms with van der Waals surface area (Å²) in [4.78, 5) is 24.8. The van der Waals surface area contributed by atoms with Crippen molar-refractivity contribution in [3.8, 4) is 11.3 Å². The lowest BCUT2D eigenvalue weighted by Crippen LogP contribution is -2.16. The second-order valence-corrected chi connectivity index (χ2v) is 6.24. The molecule has 1 N–H and O–H groups in total. The number of carbonyl (C=O) groups is 2. The molecule has 0 aliphatic carbocycles. The summed E-state index contributed by atoms with van der Waals surface area (Å²) in [7, 11) is 0. The molecule has 1 aromatic heterocycles. The number of rotatable bonds is 5. The summed E-state index contributed by atoms with van der Waals surface area (Å²) < 4.78 is 10.8. The molecule has 1 amide bonds. The Labute approximate surface area is 161 Å². The summed E-state index contributed by atoms with van der Waals surface area (Å²) >= 11 is 5.91. The molecule has 2 aromatic carbocycles. The molecule has 0 aliphatic heterocycles. The zero-order valence-electron chi connectivity index (χ0n) is 14.9. The number of para-hydroxylation sites is 1. The van der Waals surface area contributed by atoms with Crippen molar-refractivity contribution in [3.05, 3.63) is 76.5 Å². The van der Waals surface area contributed by atoms with Crippen molar-refractivity contribution in [2.75, 3.05) is 11.9 Å². The molecule has 0 radical (unpaired) electrons. The van der Waals surface area contributed by atoms with Gasteiger partial charge in [0.25, 0.3) is 5.91 Å². The van der Waals surface area contributed by atoms with Crippen LogP contribution < -0.4 is 5.32 Å². The molecule has 27 heavy (non-hydrogen) atoms. The third-order valence-electron chi connectivity index (χ3n) is 3.96. The van der Waals surface area contributed by atoms with Gasteiger partial charge >= 0.3 is 5.97 Å². The van der Waals surface area contributed by atoms with Gasteiger partial charge in [0.15, 0.2) is 0 Å². The predicted octanol–water partition coefficient (Wildman–Crippen LogP) is 5.34. The molecule has 0 saturated heterocycles. The number of amides is 1. The van der Waals surface area contributed by atoms with Crippen LogP contribution in [0.25, 0.3) is 11.3 Å². The van der Waals surface area contributed by atoms with Gasteiger partial charge in [0.05, 0.1) is 23.4 Å². The van der Waals surface area contributed by atoms with Gasteiger partial charge in [-0.3, -0.25) is 4.79 Å². The van der Waals surface area contributed by atoms with Gasteiger partial charge in [0.2, 0.25) is 0 Å². The number of furan rings is 1. The van der Waals surface area contributed by atoms with Crippen molar-refractivity contribution in [3.63, 3.8) is 0 Å². The molecular weight excluding hydrogens is 366 g/mol. The van der Waals surface area contributed by atoms with Gasteiger partial charge in [-0.2, -0.15) is 0 Å². The minimum atomic E-state index is -0.487.